The van der Waals surface area contributed by atoms with E-state index in [0.717, 1.165) is 25.7 Å². The van der Waals surface area contributed by atoms with Crippen LogP contribution in [0.4, 0.5) is 0 Å². The molecule has 2 aliphatic rings. The Hall–Kier alpha value is -1.06. The zero-order valence-corrected chi connectivity index (χ0v) is 17.4. The zero-order chi connectivity index (χ0) is 17.2. The predicted molar refractivity (Wildman–Crippen MR) is 117 cm³/mol. The second kappa shape index (κ2) is 9.23. The van der Waals surface area contributed by atoms with Crippen molar-refractivity contribution in [3.8, 4) is 0 Å². The molecule has 4 N–H and O–H groups in total. The summed E-state index contributed by atoms with van der Waals surface area (Å²) in [5, 5.41) is 0. The van der Waals surface area contributed by atoms with Crippen LogP contribution in [-0.2, 0) is 0 Å². The van der Waals surface area contributed by atoms with E-state index in [1.165, 1.54) is 11.1 Å². The Bertz CT molecular complexity index is 581. The maximum Gasteiger partial charge on any atom is 0.0137 e. The van der Waals surface area contributed by atoms with E-state index < -0.39 is 0 Å². The van der Waals surface area contributed by atoms with Crippen LogP contribution in [-0.4, -0.2) is 11.1 Å². The summed E-state index contributed by atoms with van der Waals surface area (Å²) in [5.74, 6) is 1.42. The summed E-state index contributed by atoms with van der Waals surface area (Å²) in [6.07, 6.45) is 4.54. The van der Waals surface area contributed by atoms with Crippen LogP contribution in [0.1, 0.15) is 62.5 Å². The van der Waals surface area contributed by atoms with Gasteiger partial charge in [-0.15, -0.1) is 24.8 Å². The molecule has 0 saturated heterocycles. The second-order valence-electron chi connectivity index (χ2n) is 8.34. The Morgan fingerprint density at radius 1 is 0.615 bits per heavy atom. The summed E-state index contributed by atoms with van der Waals surface area (Å²) in [6, 6.07) is 21.3. The van der Waals surface area contributed by atoms with Crippen molar-refractivity contribution in [1.82, 2.24) is 0 Å². The lowest BCUT2D eigenvalue weighted by Gasteiger charge is -2.42. The molecule has 144 valence electrons. The standard InChI is InChI=1S/2C11H15N.2ClH/c2*1-11(12)7-10(8-11)9-5-3-2-4-6-9;;/h2*2-6,10H,7-8,12H2,1H3;2*1H. The third kappa shape index (κ3) is 5.99. The topological polar surface area (TPSA) is 52.0 Å². The van der Waals surface area contributed by atoms with Crippen molar-refractivity contribution in [3.05, 3.63) is 71.8 Å². The first kappa shape index (κ1) is 23.0. The van der Waals surface area contributed by atoms with Gasteiger partial charge in [0.2, 0.25) is 0 Å². The van der Waals surface area contributed by atoms with Crippen LogP contribution < -0.4 is 11.5 Å². The van der Waals surface area contributed by atoms with E-state index in [-0.39, 0.29) is 35.9 Å². The first-order chi connectivity index (χ1) is 11.3. The SMILES string of the molecule is CC1(N)CC(c2ccccc2)C1.CC1(N)CC(c2ccccc2)C1.Cl.Cl. The molecule has 0 unspecified atom stereocenters. The van der Waals surface area contributed by atoms with Crippen LogP contribution in [0.15, 0.2) is 60.7 Å². The summed E-state index contributed by atoms with van der Waals surface area (Å²) in [4.78, 5) is 0. The molecule has 2 aromatic rings. The lowest BCUT2D eigenvalue weighted by molar-refractivity contribution is 0.230. The van der Waals surface area contributed by atoms with Crippen molar-refractivity contribution in [2.75, 3.05) is 0 Å². The van der Waals surface area contributed by atoms with Crippen molar-refractivity contribution in [2.45, 2.75) is 62.4 Å². The Kier molecular flexibility index (Phi) is 8.16. The van der Waals surface area contributed by atoms with E-state index in [2.05, 4.69) is 74.5 Å². The van der Waals surface area contributed by atoms with Crippen molar-refractivity contribution in [1.29, 1.82) is 0 Å². The Morgan fingerprint density at radius 3 is 1.12 bits per heavy atom. The van der Waals surface area contributed by atoms with Gasteiger partial charge in [0.1, 0.15) is 0 Å². The third-order valence-corrected chi connectivity index (χ3v) is 5.39. The van der Waals surface area contributed by atoms with Gasteiger partial charge < -0.3 is 11.5 Å². The molecule has 4 rings (SSSR count). The van der Waals surface area contributed by atoms with Crippen molar-refractivity contribution < 1.29 is 0 Å². The second-order valence-corrected chi connectivity index (χ2v) is 8.34. The van der Waals surface area contributed by atoms with Crippen LogP contribution in [0.2, 0.25) is 0 Å². The first-order valence-electron chi connectivity index (χ1n) is 9.02. The van der Waals surface area contributed by atoms with Gasteiger partial charge in [-0.25, -0.2) is 0 Å². The zero-order valence-electron chi connectivity index (χ0n) is 15.7. The molecule has 0 bridgehead atoms. The summed E-state index contributed by atoms with van der Waals surface area (Å²) in [5.41, 5.74) is 15.0. The van der Waals surface area contributed by atoms with E-state index in [0.29, 0.717) is 11.8 Å². The molecule has 0 spiro atoms. The van der Waals surface area contributed by atoms with Gasteiger partial charge in [-0.2, -0.15) is 0 Å². The van der Waals surface area contributed by atoms with Gasteiger partial charge in [0.15, 0.2) is 0 Å². The summed E-state index contributed by atoms with van der Waals surface area (Å²) in [6.45, 7) is 4.26. The molecule has 0 aromatic heterocycles. The first-order valence-corrected chi connectivity index (χ1v) is 9.02. The minimum atomic E-state index is 0. The summed E-state index contributed by atoms with van der Waals surface area (Å²) >= 11 is 0. The molecule has 0 heterocycles. The van der Waals surface area contributed by atoms with E-state index in [4.69, 9.17) is 11.5 Å². The van der Waals surface area contributed by atoms with Gasteiger partial charge >= 0.3 is 0 Å². The van der Waals surface area contributed by atoms with Crippen LogP contribution in [0, 0.1) is 0 Å². The molecular weight excluding hydrogens is 363 g/mol. The number of hydrogen-bond donors (Lipinski definition) is 2. The molecule has 4 heteroatoms. The van der Waals surface area contributed by atoms with Gasteiger partial charge in [-0.05, 0) is 62.5 Å². The minimum Gasteiger partial charge on any atom is -0.325 e. The van der Waals surface area contributed by atoms with E-state index in [1.54, 1.807) is 0 Å². The van der Waals surface area contributed by atoms with Crippen molar-refractivity contribution >= 4 is 24.8 Å². The Balaban J connectivity index is 0.000000241. The normalized spacial score (nSPS) is 31.7. The molecule has 2 nitrogen and oxygen atoms in total. The van der Waals surface area contributed by atoms with E-state index in [9.17, 15) is 0 Å². The lowest BCUT2D eigenvalue weighted by atomic mass is 9.67. The number of benzene rings is 2. The Labute approximate surface area is 170 Å². The van der Waals surface area contributed by atoms with E-state index >= 15 is 0 Å². The molecule has 0 radical (unpaired) electrons. The molecule has 26 heavy (non-hydrogen) atoms. The van der Waals surface area contributed by atoms with Crippen LogP contribution in [0.3, 0.4) is 0 Å². The van der Waals surface area contributed by atoms with Gasteiger partial charge in [0.05, 0.1) is 0 Å². The molecule has 0 atom stereocenters. The third-order valence-electron chi connectivity index (χ3n) is 5.39. The van der Waals surface area contributed by atoms with Gasteiger partial charge in [-0.3, -0.25) is 0 Å². The summed E-state index contributed by atoms with van der Waals surface area (Å²) < 4.78 is 0. The molecule has 2 aliphatic carbocycles. The highest BCUT2D eigenvalue weighted by atomic mass is 35.5. The maximum atomic E-state index is 5.95. The average Bonchev–Trinajstić information content (AvgIpc) is 2.52. The maximum absolute atomic E-state index is 5.95. The number of halogens is 2. The molecular formula is C22H32Cl2N2. The minimum absolute atomic E-state index is 0. The fourth-order valence-electron chi connectivity index (χ4n) is 4.05. The largest absolute Gasteiger partial charge is 0.325 e. The predicted octanol–water partition coefficient (Wildman–Crippen LogP) is 5.41. The molecule has 2 saturated carbocycles. The van der Waals surface area contributed by atoms with Gasteiger partial charge in [-0.1, -0.05) is 60.7 Å². The smallest absolute Gasteiger partial charge is 0.0137 e. The quantitative estimate of drug-likeness (QED) is 0.715. The fourth-order valence-corrected chi connectivity index (χ4v) is 4.05. The van der Waals surface area contributed by atoms with Crippen LogP contribution in [0.25, 0.3) is 0 Å². The van der Waals surface area contributed by atoms with Crippen LogP contribution >= 0.6 is 24.8 Å². The number of nitrogens with two attached hydrogens (primary N) is 2. The molecule has 0 amide bonds. The highest BCUT2D eigenvalue weighted by Crippen LogP contribution is 2.43. The fraction of sp³-hybridized carbons (Fsp3) is 0.455. The average molecular weight is 395 g/mol. The van der Waals surface area contributed by atoms with Gasteiger partial charge in [0.25, 0.3) is 0 Å². The van der Waals surface area contributed by atoms with Crippen molar-refractivity contribution in [3.63, 3.8) is 0 Å². The van der Waals surface area contributed by atoms with Crippen LogP contribution in [0.5, 0.6) is 0 Å². The molecule has 0 aliphatic heterocycles. The van der Waals surface area contributed by atoms with E-state index in [1.807, 2.05) is 0 Å². The molecule has 2 aromatic carbocycles. The number of rotatable bonds is 2. The molecule has 2 fully saturated rings. The monoisotopic (exact) mass is 394 g/mol. The van der Waals surface area contributed by atoms with Gasteiger partial charge in [0, 0.05) is 11.1 Å². The lowest BCUT2D eigenvalue weighted by Crippen LogP contribution is -2.47. The highest BCUT2D eigenvalue weighted by molar-refractivity contribution is 5.85. The summed E-state index contributed by atoms with van der Waals surface area (Å²) in [7, 11) is 0. The van der Waals surface area contributed by atoms with Crippen molar-refractivity contribution in [2.24, 2.45) is 11.5 Å². The highest BCUT2D eigenvalue weighted by Gasteiger charge is 2.37. The number of hydrogen-bond acceptors (Lipinski definition) is 2. The Morgan fingerprint density at radius 2 is 0.885 bits per heavy atom.